The first-order chi connectivity index (χ1) is 15.0. The van der Waals surface area contributed by atoms with Crippen LogP contribution in [-0.4, -0.2) is 23.2 Å². The lowest BCUT2D eigenvalue weighted by Gasteiger charge is -2.37. The fourth-order valence-corrected chi connectivity index (χ4v) is 5.34. The number of rotatable bonds is 4. The minimum atomic E-state index is -1.09. The Morgan fingerprint density at radius 3 is 1.35 bits per heavy atom. The second kappa shape index (κ2) is 9.18. The SMILES string of the molecule is O=C(SC(c1ccc(F)cc1)(c1ccc(F)cc1)c1ccc(F)cc1)N1CCCCC1. The van der Waals surface area contributed by atoms with Crippen LogP contribution >= 0.6 is 11.8 Å². The molecule has 6 heteroatoms. The van der Waals surface area contributed by atoms with Crippen LogP contribution in [0.5, 0.6) is 0 Å². The molecular formula is C25H22F3NOS. The summed E-state index contributed by atoms with van der Waals surface area (Å²) in [4.78, 5) is 15.2. The number of hydrogen-bond acceptors (Lipinski definition) is 2. The molecule has 0 N–H and O–H groups in total. The van der Waals surface area contributed by atoms with Crippen LogP contribution in [0.15, 0.2) is 72.8 Å². The average molecular weight is 442 g/mol. The zero-order valence-electron chi connectivity index (χ0n) is 16.9. The van der Waals surface area contributed by atoms with E-state index < -0.39 is 22.2 Å². The summed E-state index contributed by atoms with van der Waals surface area (Å²) in [5, 5.41) is -0.113. The number of piperidine rings is 1. The van der Waals surface area contributed by atoms with Gasteiger partial charge in [0.15, 0.2) is 0 Å². The van der Waals surface area contributed by atoms with Gasteiger partial charge in [0.05, 0.1) is 0 Å². The number of carbonyl (C=O) groups is 1. The van der Waals surface area contributed by atoms with Gasteiger partial charge in [0.1, 0.15) is 22.2 Å². The Hall–Kier alpha value is -2.73. The highest BCUT2D eigenvalue weighted by Crippen LogP contribution is 2.49. The largest absolute Gasteiger partial charge is 0.334 e. The number of nitrogens with zero attached hydrogens (tertiary/aromatic N) is 1. The second-order valence-corrected chi connectivity index (χ2v) is 8.78. The summed E-state index contributed by atoms with van der Waals surface area (Å²) in [6.45, 7) is 1.36. The van der Waals surface area contributed by atoms with Crippen molar-refractivity contribution in [1.82, 2.24) is 4.90 Å². The van der Waals surface area contributed by atoms with Gasteiger partial charge < -0.3 is 4.90 Å². The van der Waals surface area contributed by atoms with E-state index in [9.17, 15) is 18.0 Å². The Bertz CT molecular complexity index is 919. The molecule has 0 saturated carbocycles. The third-order valence-corrected chi connectivity index (χ3v) is 7.05. The zero-order valence-corrected chi connectivity index (χ0v) is 17.7. The smallest absolute Gasteiger partial charge is 0.283 e. The lowest BCUT2D eigenvalue weighted by atomic mass is 9.84. The number of amides is 1. The summed E-state index contributed by atoms with van der Waals surface area (Å²) < 4.78 is 40.2. The number of benzene rings is 3. The molecule has 0 atom stereocenters. The van der Waals surface area contributed by atoms with E-state index in [0.717, 1.165) is 31.0 Å². The molecule has 4 rings (SSSR count). The topological polar surface area (TPSA) is 20.3 Å². The standard InChI is InChI=1S/C25H22F3NOS/c26-21-10-4-18(5-11-21)25(19-6-12-22(27)13-7-19,20-8-14-23(28)15-9-20)31-24(30)29-16-2-1-3-17-29/h4-15H,1-3,16-17H2. The molecule has 160 valence electrons. The molecular weight excluding hydrogens is 419 g/mol. The minimum Gasteiger partial charge on any atom is -0.334 e. The van der Waals surface area contributed by atoms with Gasteiger partial charge in [0.25, 0.3) is 5.24 Å². The van der Waals surface area contributed by atoms with Crippen molar-refractivity contribution in [1.29, 1.82) is 0 Å². The van der Waals surface area contributed by atoms with E-state index in [0.29, 0.717) is 29.8 Å². The van der Waals surface area contributed by atoms with Crippen molar-refractivity contribution < 1.29 is 18.0 Å². The maximum atomic E-state index is 13.8. The van der Waals surface area contributed by atoms with Gasteiger partial charge in [-0.25, -0.2) is 13.2 Å². The minimum absolute atomic E-state index is 0.113. The summed E-state index contributed by atoms with van der Waals surface area (Å²) in [6, 6.07) is 17.8. The van der Waals surface area contributed by atoms with E-state index in [2.05, 4.69) is 0 Å². The van der Waals surface area contributed by atoms with Crippen molar-refractivity contribution in [3.63, 3.8) is 0 Å². The van der Waals surface area contributed by atoms with E-state index >= 15 is 0 Å². The monoisotopic (exact) mass is 441 g/mol. The van der Waals surface area contributed by atoms with Crippen LogP contribution < -0.4 is 0 Å². The molecule has 31 heavy (non-hydrogen) atoms. The Kier molecular flexibility index (Phi) is 6.37. The van der Waals surface area contributed by atoms with Crippen LogP contribution in [0.3, 0.4) is 0 Å². The first-order valence-electron chi connectivity index (χ1n) is 10.2. The molecule has 3 aromatic rings. The van der Waals surface area contributed by atoms with Crippen LogP contribution in [0.1, 0.15) is 36.0 Å². The highest BCUT2D eigenvalue weighted by atomic mass is 32.2. The first-order valence-corrected chi connectivity index (χ1v) is 11.1. The van der Waals surface area contributed by atoms with Gasteiger partial charge >= 0.3 is 0 Å². The van der Waals surface area contributed by atoms with Gasteiger partial charge in [-0.1, -0.05) is 36.4 Å². The summed E-state index contributed by atoms with van der Waals surface area (Å²) in [7, 11) is 0. The number of halogens is 3. The summed E-state index contributed by atoms with van der Waals surface area (Å²) in [5.74, 6) is -1.20. The fraction of sp³-hybridized carbons (Fsp3) is 0.240. The molecule has 0 bridgehead atoms. The lowest BCUT2D eigenvalue weighted by Crippen LogP contribution is -2.37. The highest BCUT2D eigenvalue weighted by Gasteiger charge is 2.41. The molecule has 3 aromatic carbocycles. The molecule has 1 aliphatic heterocycles. The first kappa shape index (κ1) is 21.5. The number of carbonyl (C=O) groups excluding carboxylic acids is 1. The van der Waals surface area contributed by atoms with E-state index in [-0.39, 0.29) is 5.24 Å². The van der Waals surface area contributed by atoms with E-state index in [4.69, 9.17) is 0 Å². The van der Waals surface area contributed by atoms with Gasteiger partial charge in [-0.15, -0.1) is 0 Å². The Morgan fingerprint density at radius 1 is 0.645 bits per heavy atom. The van der Waals surface area contributed by atoms with Gasteiger partial charge in [-0.2, -0.15) is 0 Å². The van der Waals surface area contributed by atoms with E-state index in [1.165, 1.54) is 36.4 Å². The normalized spacial score (nSPS) is 14.5. The van der Waals surface area contributed by atoms with Crippen LogP contribution in [0.2, 0.25) is 0 Å². The molecule has 1 saturated heterocycles. The molecule has 0 radical (unpaired) electrons. The molecule has 2 nitrogen and oxygen atoms in total. The van der Waals surface area contributed by atoms with Gasteiger partial charge in [-0.05, 0) is 84.1 Å². The van der Waals surface area contributed by atoms with Crippen molar-refractivity contribution in [3.05, 3.63) is 107 Å². The zero-order chi connectivity index (χ0) is 21.8. The molecule has 0 unspecified atom stereocenters. The fourth-order valence-electron chi connectivity index (χ4n) is 4.00. The van der Waals surface area contributed by atoms with Crippen LogP contribution in [-0.2, 0) is 4.75 Å². The molecule has 0 aromatic heterocycles. The van der Waals surface area contributed by atoms with Crippen molar-refractivity contribution >= 4 is 17.0 Å². The van der Waals surface area contributed by atoms with Crippen molar-refractivity contribution in [3.8, 4) is 0 Å². The van der Waals surface area contributed by atoms with Gasteiger partial charge in [0.2, 0.25) is 0 Å². The molecule has 1 aliphatic rings. The van der Waals surface area contributed by atoms with E-state index in [1.807, 2.05) is 4.90 Å². The van der Waals surface area contributed by atoms with Gasteiger partial charge in [-0.3, -0.25) is 4.79 Å². The van der Waals surface area contributed by atoms with Crippen molar-refractivity contribution in [2.24, 2.45) is 0 Å². The predicted molar refractivity (Wildman–Crippen MR) is 117 cm³/mol. The van der Waals surface area contributed by atoms with Crippen LogP contribution in [0, 0.1) is 17.5 Å². The lowest BCUT2D eigenvalue weighted by molar-refractivity contribution is 0.211. The third-order valence-electron chi connectivity index (χ3n) is 5.61. The number of likely N-dealkylation sites (tertiary alicyclic amines) is 1. The predicted octanol–water partition coefficient (Wildman–Crippen LogP) is 6.73. The highest BCUT2D eigenvalue weighted by molar-refractivity contribution is 8.14. The Morgan fingerprint density at radius 2 is 1.00 bits per heavy atom. The average Bonchev–Trinajstić information content (AvgIpc) is 2.80. The number of thioether (sulfide) groups is 1. The van der Waals surface area contributed by atoms with Crippen molar-refractivity contribution in [2.45, 2.75) is 24.0 Å². The summed E-state index contributed by atoms with van der Waals surface area (Å²) in [5.41, 5.74) is 1.97. The second-order valence-electron chi connectivity index (χ2n) is 7.62. The van der Waals surface area contributed by atoms with Gasteiger partial charge in [0, 0.05) is 13.1 Å². The maximum Gasteiger partial charge on any atom is 0.283 e. The van der Waals surface area contributed by atoms with Crippen LogP contribution in [0.25, 0.3) is 0 Å². The molecule has 1 amide bonds. The molecule has 0 aliphatic carbocycles. The number of hydrogen-bond donors (Lipinski definition) is 0. The third kappa shape index (κ3) is 4.49. The molecule has 1 fully saturated rings. The van der Waals surface area contributed by atoms with Crippen molar-refractivity contribution in [2.75, 3.05) is 13.1 Å². The quantitative estimate of drug-likeness (QED) is 0.418. The van der Waals surface area contributed by atoms with Crippen LogP contribution in [0.4, 0.5) is 18.0 Å². The van der Waals surface area contributed by atoms with E-state index in [1.54, 1.807) is 36.4 Å². The molecule has 1 heterocycles. The summed E-state index contributed by atoms with van der Waals surface area (Å²) >= 11 is 1.10. The summed E-state index contributed by atoms with van der Waals surface area (Å²) in [6.07, 6.45) is 2.99. The Balaban J connectivity index is 1.90. The molecule has 0 spiro atoms. The Labute approximate surface area is 184 Å². The maximum absolute atomic E-state index is 13.8.